The van der Waals surface area contributed by atoms with Crippen LogP contribution in [0.3, 0.4) is 0 Å². The Labute approximate surface area is 136 Å². The zero-order valence-electron chi connectivity index (χ0n) is 12.7. The number of nitrogens with zero attached hydrogens (tertiary/aromatic N) is 1. The normalized spacial score (nSPS) is 25.3. The summed E-state index contributed by atoms with van der Waals surface area (Å²) < 4.78 is 0. The minimum atomic E-state index is -0.516. The summed E-state index contributed by atoms with van der Waals surface area (Å²) in [6, 6.07) is 5.66. The van der Waals surface area contributed by atoms with Crippen molar-refractivity contribution in [1.29, 1.82) is 0 Å². The maximum absolute atomic E-state index is 12.4. The van der Waals surface area contributed by atoms with E-state index in [0.717, 1.165) is 37.3 Å². The lowest BCUT2D eigenvalue weighted by Gasteiger charge is -2.31. The summed E-state index contributed by atoms with van der Waals surface area (Å²) in [7, 11) is 0. The lowest BCUT2D eigenvalue weighted by atomic mass is 10.0. The van der Waals surface area contributed by atoms with Crippen LogP contribution in [-0.2, 0) is 4.79 Å². The van der Waals surface area contributed by atoms with Crippen LogP contribution < -0.4 is 10.2 Å². The van der Waals surface area contributed by atoms with E-state index in [1.165, 1.54) is 19.3 Å². The molecular formula is C17H23ClN2O2. The van der Waals surface area contributed by atoms with Crippen LogP contribution >= 0.6 is 11.6 Å². The van der Waals surface area contributed by atoms with E-state index in [1.807, 2.05) is 18.2 Å². The number of hydrogen-bond donors (Lipinski definition) is 2. The van der Waals surface area contributed by atoms with Crippen LogP contribution in [0.5, 0.6) is 0 Å². The van der Waals surface area contributed by atoms with Crippen molar-refractivity contribution < 1.29 is 9.90 Å². The summed E-state index contributed by atoms with van der Waals surface area (Å²) in [6.07, 6.45) is 5.49. The lowest BCUT2D eigenvalue weighted by molar-refractivity contribution is -0.122. The number of halogens is 1. The molecule has 0 radical (unpaired) electrons. The zero-order chi connectivity index (χ0) is 15.5. The molecule has 2 unspecified atom stereocenters. The number of amides is 1. The monoisotopic (exact) mass is 322 g/mol. The highest BCUT2D eigenvalue weighted by molar-refractivity contribution is 6.31. The summed E-state index contributed by atoms with van der Waals surface area (Å²) in [5, 5.41) is 13.5. The molecule has 1 aliphatic carbocycles. The third kappa shape index (κ3) is 3.39. The van der Waals surface area contributed by atoms with E-state index in [-0.39, 0.29) is 11.8 Å². The standard InChI is InChI=1S/C17H23ClN2O2/c18-12-7-8-15(20-9-2-1-3-10-20)14(11-12)19-17(22)13-5-4-6-16(13)21/h7-8,11,13,16,21H,1-6,9-10H2,(H,19,22). The van der Waals surface area contributed by atoms with E-state index in [2.05, 4.69) is 10.2 Å². The van der Waals surface area contributed by atoms with Crippen molar-refractivity contribution in [1.82, 2.24) is 0 Å². The van der Waals surface area contributed by atoms with Crippen molar-refractivity contribution in [3.63, 3.8) is 0 Å². The molecule has 1 amide bonds. The first-order valence-corrected chi connectivity index (χ1v) is 8.56. The largest absolute Gasteiger partial charge is 0.392 e. The number of anilines is 2. The molecule has 1 aromatic carbocycles. The number of hydrogen-bond acceptors (Lipinski definition) is 3. The van der Waals surface area contributed by atoms with Gasteiger partial charge in [0.25, 0.3) is 0 Å². The zero-order valence-corrected chi connectivity index (χ0v) is 13.5. The van der Waals surface area contributed by atoms with Gasteiger partial charge in [-0.1, -0.05) is 11.6 Å². The Balaban J connectivity index is 1.79. The molecule has 1 aliphatic heterocycles. The van der Waals surface area contributed by atoms with Gasteiger partial charge in [0.1, 0.15) is 0 Å². The molecule has 2 fully saturated rings. The second kappa shape index (κ2) is 6.88. The highest BCUT2D eigenvalue weighted by Crippen LogP contribution is 2.33. The predicted octanol–water partition coefficient (Wildman–Crippen LogP) is 3.43. The van der Waals surface area contributed by atoms with Gasteiger partial charge in [-0.05, 0) is 56.7 Å². The van der Waals surface area contributed by atoms with Gasteiger partial charge in [0.2, 0.25) is 5.91 Å². The molecule has 2 atom stereocenters. The molecule has 22 heavy (non-hydrogen) atoms. The summed E-state index contributed by atoms with van der Waals surface area (Å²) >= 11 is 6.11. The second-order valence-electron chi connectivity index (χ2n) is 6.30. The fourth-order valence-electron chi connectivity index (χ4n) is 3.49. The molecule has 2 N–H and O–H groups in total. The van der Waals surface area contributed by atoms with E-state index in [9.17, 15) is 9.90 Å². The average Bonchev–Trinajstić information content (AvgIpc) is 2.94. The Morgan fingerprint density at radius 1 is 1.18 bits per heavy atom. The van der Waals surface area contributed by atoms with Crippen molar-refractivity contribution in [2.45, 2.75) is 44.6 Å². The first kappa shape index (κ1) is 15.6. The highest BCUT2D eigenvalue weighted by Gasteiger charge is 2.32. The quantitative estimate of drug-likeness (QED) is 0.896. The smallest absolute Gasteiger partial charge is 0.230 e. The predicted molar refractivity (Wildman–Crippen MR) is 89.5 cm³/mol. The van der Waals surface area contributed by atoms with Gasteiger partial charge in [-0.15, -0.1) is 0 Å². The Morgan fingerprint density at radius 3 is 2.64 bits per heavy atom. The number of aliphatic hydroxyl groups is 1. The van der Waals surface area contributed by atoms with Crippen molar-refractivity contribution in [3.05, 3.63) is 23.2 Å². The topological polar surface area (TPSA) is 52.6 Å². The van der Waals surface area contributed by atoms with E-state index in [1.54, 1.807) is 0 Å². The van der Waals surface area contributed by atoms with Gasteiger partial charge in [0.05, 0.1) is 23.4 Å². The first-order chi connectivity index (χ1) is 10.6. The van der Waals surface area contributed by atoms with Crippen LogP contribution in [0.2, 0.25) is 5.02 Å². The van der Waals surface area contributed by atoms with Crippen molar-refractivity contribution >= 4 is 28.9 Å². The molecular weight excluding hydrogens is 300 g/mol. The molecule has 2 aliphatic rings. The molecule has 120 valence electrons. The third-order valence-corrected chi connectivity index (χ3v) is 4.96. The lowest BCUT2D eigenvalue weighted by Crippen LogP contribution is -2.32. The Kier molecular flexibility index (Phi) is 4.89. The van der Waals surface area contributed by atoms with Gasteiger partial charge in [-0.25, -0.2) is 0 Å². The molecule has 0 spiro atoms. The number of carbonyl (C=O) groups is 1. The van der Waals surface area contributed by atoms with Crippen molar-refractivity contribution in [2.75, 3.05) is 23.3 Å². The van der Waals surface area contributed by atoms with Gasteiger partial charge in [-0.2, -0.15) is 0 Å². The second-order valence-corrected chi connectivity index (χ2v) is 6.74. The highest BCUT2D eigenvalue weighted by atomic mass is 35.5. The number of rotatable bonds is 3. The van der Waals surface area contributed by atoms with Gasteiger partial charge >= 0.3 is 0 Å². The van der Waals surface area contributed by atoms with Crippen LogP contribution in [0, 0.1) is 5.92 Å². The summed E-state index contributed by atoms with van der Waals surface area (Å²) in [6.45, 7) is 2.02. The number of piperidine rings is 1. The average molecular weight is 323 g/mol. The molecule has 3 rings (SSSR count). The molecule has 4 nitrogen and oxygen atoms in total. The maximum Gasteiger partial charge on any atom is 0.230 e. The fourth-order valence-corrected chi connectivity index (χ4v) is 3.66. The van der Waals surface area contributed by atoms with Gasteiger partial charge in [0.15, 0.2) is 0 Å². The Bertz CT molecular complexity index is 543. The number of aliphatic hydroxyl groups excluding tert-OH is 1. The summed E-state index contributed by atoms with van der Waals surface area (Å²) in [5.41, 5.74) is 1.79. The molecule has 0 bridgehead atoms. The van der Waals surface area contributed by atoms with Crippen LogP contribution in [0.1, 0.15) is 38.5 Å². The van der Waals surface area contributed by atoms with E-state index in [0.29, 0.717) is 11.4 Å². The van der Waals surface area contributed by atoms with Crippen LogP contribution in [0.25, 0.3) is 0 Å². The minimum Gasteiger partial charge on any atom is -0.392 e. The SMILES string of the molecule is O=C(Nc1cc(Cl)ccc1N1CCCCC1)C1CCCC1O. The van der Waals surface area contributed by atoms with Gasteiger partial charge < -0.3 is 15.3 Å². The Hall–Kier alpha value is -1.26. The molecule has 5 heteroatoms. The van der Waals surface area contributed by atoms with Gasteiger partial charge in [-0.3, -0.25) is 4.79 Å². The molecule has 0 aromatic heterocycles. The fraction of sp³-hybridized carbons (Fsp3) is 0.588. The number of carbonyl (C=O) groups excluding carboxylic acids is 1. The first-order valence-electron chi connectivity index (χ1n) is 8.18. The summed E-state index contributed by atoms with van der Waals surface area (Å²) in [4.78, 5) is 14.7. The van der Waals surface area contributed by atoms with Gasteiger partial charge in [0, 0.05) is 18.1 Å². The third-order valence-electron chi connectivity index (χ3n) is 4.73. The van der Waals surface area contributed by atoms with Crippen molar-refractivity contribution in [2.24, 2.45) is 5.92 Å². The van der Waals surface area contributed by atoms with Crippen molar-refractivity contribution in [3.8, 4) is 0 Å². The maximum atomic E-state index is 12.4. The molecule has 1 saturated carbocycles. The van der Waals surface area contributed by atoms with Crippen LogP contribution in [-0.4, -0.2) is 30.2 Å². The summed E-state index contributed by atoms with van der Waals surface area (Å²) in [5.74, 6) is -0.390. The van der Waals surface area contributed by atoms with E-state index < -0.39 is 6.10 Å². The minimum absolute atomic E-state index is 0.0921. The molecule has 1 heterocycles. The number of nitrogens with one attached hydrogen (secondary N) is 1. The van der Waals surface area contributed by atoms with E-state index in [4.69, 9.17) is 11.6 Å². The molecule has 1 saturated heterocycles. The Morgan fingerprint density at radius 2 is 1.95 bits per heavy atom. The number of benzene rings is 1. The van der Waals surface area contributed by atoms with Crippen LogP contribution in [0.4, 0.5) is 11.4 Å². The molecule has 1 aromatic rings. The van der Waals surface area contributed by atoms with E-state index >= 15 is 0 Å². The van der Waals surface area contributed by atoms with Crippen LogP contribution in [0.15, 0.2) is 18.2 Å².